The lowest BCUT2D eigenvalue weighted by Crippen LogP contribution is -2.30. The third-order valence-corrected chi connectivity index (χ3v) is 3.60. The van der Waals surface area contributed by atoms with Gasteiger partial charge in [-0.2, -0.15) is 0 Å². The summed E-state index contributed by atoms with van der Waals surface area (Å²) in [5.41, 5.74) is 2.38. The highest BCUT2D eigenvalue weighted by Crippen LogP contribution is 2.12. The van der Waals surface area contributed by atoms with Crippen molar-refractivity contribution in [1.29, 1.82) is 0 Å². The van der Waals surface area contributed by atoms with E-state index >= 15 is 0 Å². The second-order valence-electron chi connectivity index (χ2n) is 5.76. The summed E-state index contributed by atoms with van der Waals surface area (Å²) < 4.78 is 0. The van der Waals surface area contributed by atoms with Crippen LogP contribution >= 0.6 is 0 Å². The highest BCUT2D eigenvalue weighted by Gasteiger charge is 2.13. The number of amides is 1. The maximum absolute atomic E-state index is 12.3. The average Bonchev–Trinajstić information content (AvgIpc) is 2.44. The van der Waals surface area contributed by atoms with E-state index in [9.17, 15) is 4.79 Å². The molecule has 21 heavy (non-hydrogen) atoms. The lowest BCUT2D eigenvalue weighted by molar-refractivity contribution is 0.0944. The van der Waals surface area contributed by atoms with Gasteiger partial charge in [0.05, 0.1) is 12.2 Å². The van der Waals surface area contributed by atoms with E-state index in [2.05, 4.69) is 37.9 Å². The summed E-state index contributed by atoms with van der Waals surface area (Å²) in [6.45, 7) is 9.09. The van der Waals surface area contributed by atoms with Gasteiger partial charge in [0.25, 0.3) is 5.91 Å². The van der Waals surface area contributed by atoms with Crippen molar-refractivity contribution in [2.75, 3.05) is 13.2 Å². The van der Waals surface area contributed by atoms with Crippen LogP contribution in [0, 0.1) is 30.6 Å². The largest absolute Gasteiger partial charge is 0.395 e. The van der Waals surface area contributed by atoms with Crippen LogP contribution in [0.5, 0.6) is 0 Å². The van der Waals surface area contributed by atoms with E-state index in [1.165, 1.54) is 0 Å². The molecule has 0 bridgehead atoms. The molecule has 0 saturated carbocycles. The zero-order chi connectivity index (χ0) is 15.8. The van der Waals surface area contributed by atoms with Gasteiger partial charge >= 0.3 is 0 Å². The number of hydrogen-bond acceptors (Lipinski definition) is 2. The van der Waals surface area contributed by atoms with Crippen molar-refractivity contribution in [3.8, 4) is 11.8 Å². The molecular formula is C18H25NO2. The molecule has 0 heterocycles. The van der Waals surface area contributed by atoms with E-state index in [0.717, 1.165) is 11.1 Å². The maximum atomic E-state index is 12.3. The van der Waals surface area contributed by atoms with E-state index in [0.29, 0.717) is 30.4 Å². The van der Waals surface area contributed by atoms with E-state index in [4.69, 9.17) is 5.11 Å². The standard InChI is InChI=1S/C18H25NO2/c1-13(2)15(4)12-19-18(21)17-9-8-14(3)11-16(17)7-5-6-10-20/h8-9,11,13,15,20H,6,10,12H2,1-4H3,(H,19,21). The molecule has 1 atom stereocenters. The Balaban J connectivity index is 2.86. The Morgan fingerprint density at radius 3 is 2.67 bits per heavy atom. The summed E-state index contributed by atoms with van der Waals surface area (Å²) in [4.78, 5) is 12.3. The van der Waals surface area contributed by atoms with Gasteiger partial charge in [-0.1, -0.05) is 38.7 Å². The van der Waals surface area contributed by atoms with Crippen molar-refractivity contribution < 1.29 is 9.90 Å². The molecule has 0 fully saturated rings. The second-order valence-corrected chi connectivity index (χ2v) is 5.76. The van der Waals surface area contributed by atoms with Gasteiger partial charge < -0.3 is 10.4 Å². The molecule has 1 rings (SSSR count). The maximum Gasteiger partial charge on any atom is 0.252 e. The second kappa shape index (κ2) is 8.49. The van der Waals surface area contributed by atoms with Gasteiger partial charge in [0.2, 0.25) is 0 Å². The number of rotatable bonds is 5. The molecule has 3 heteroatoms. The monoisotopic (exact) mass is 287 g/mol. The summed E-state index contributed by atoms with van der Waals surface area (Å²) in [7, 11) is 0. The molecule has 0 aliphatic carbocycles. The van der Waals surface area contributed by atoms with Gasteiger partial charge in [-0.3, -0.25) is 4.79 Å². The van der Waals surface area contributed by atoms with Crippen LogP contribution < -0.4 is 5.32 Å². The molecule has 0 aliphatic rings. The Morgan fingerprint density at radius 1 is 1.33 bits per heavy atom. The van der Waals surface area contributed by atoms with Crippen molar-refractivity contribution in [2.24, 2.45) is 11.8 Å². The van der Waals surface area contributed by atoms with Crippen molar-refractivity contribution in [3.63, 3.8) is 0 Å². The fraction of sp³-hybridized carbons (Fsp3) is 0.500. The number of hydrogen-bond donors (Lipinski definition) is 2. The Kier molecular flexibility index (Phi) is 6.98. The first-order valence-electron chi connectivity index (χ1n) is 7.44. The number of carbonyl (C=O) groups excluding carboxylic acids is 1. The summed E-state index contributed by atoms with van der Waals surface area (Å²) >= 11 is 0. The van der Waals surface area contributed by atoms with Gasteiger partial charge in [-0.25, -0.2) is 0 Å². The molecule has 0 aliphatic heterocycles. The summed E-state index contributed by atoms with van der Waals surface area (Å²) in [6.07, 6.45) is 0.416. The summed E-state index contributed by atoms with van der Waals surface area (Å²) in [5.74, 6) is 6.73. The Morgan fingerprint density at radius 2 is 2.05 bits per heavy atom. The minimum atomic E-state index is -0.0872. The first kappa shape index (κ1) is 17.3. The van der Waals surface area contributed by atoms with Crippen LogP contribution in [-0.2, 0) is 0 Å². The van der Waals surface area contributed by atoms with Crippen LogP contribution in [0.1, 0.15) is 48.7 Å². The predicted octanol–water partition coefficient (Wildman–Crippen LogP) is 2.75. The zero-order valence-corrected chi connectivity index (χ0v) is 13.4. The molecule has 1 unspecified atom stereocenters. The van der Waals surface area contributed by atoms with Gasteiger partial charge in [0.15, 0.2) is 0 Å². The number of nitrogens with one attached hydrogen (secondary N) is 1. The molecule has 1 aromatic carbocycles. The Bertz CT molecular complexity index is 538. The van der Waals surface area contributed by atoms with Crippen LogP contribution in [0.15, 0.2) is 18.2 Å². The third-order valence-electron chi connectivity index (χ3n) is 3.60. The first-order chi connectivity index (χ1) is 9.95. The topological polar surface area (TPSA) is 49.3 Å². The Hall–Kier alpha value is -1.79. The van der Waals surface area contributed by atoms with Gasteiger partial charge in [0, 0.05) is 18.5 Å². The molecule has 1 amide bonds. The number of benzene rings is 1. The summed E-state index contributed by atoms with van der Waals surface area (Å²) in [6, 6.07) is 5.64. The van der Waals surface area contributed by atoms with Crippen LogP contribution in [0.3, 0.4) is 0 Å². The molecule has 3 nitrogen and oxygen atoms in total. The molecule has 0 aromatic heterocycles. The van der Waals surface area contributed by atoms with Crippen molar-refractivity contribution in [3.05, 3.63) is 34.9 Å². The van der Waals surface area contributed by atoms with Gasteiger partial charge in [-0.15, -0.1) is 0 Å². The SMILES string of the molecule is Cc1ccc(C(=O)NCC(C)C(C)C)c(C#CCCO)c1. The van der Waals surface area contributed by atoms with E-state index < -0.39 is 0 Å². The molecule has 1 aromatic rings. The van der Waals surface area contributed by atoms with Crippen LogP contribution in [-0.4, -0.2) is 24.2 Å². The highest BCUT2D eigenvalue weighted by molar-refractivity contribution is 5.96. The minimum absolute atomic E-state index is 0.0340. The first-order valence-corrected chi connectivity index (χ1v) is 7.44. The van der Waals surface area contributed by atoms with E-state index in [1.54, 1.807) is 0 Å². The van der Waals surface area contributed by atoms with Crippen molar-refractivity contribution >= 4 is 5.91 Å². The van der Waals surface area contributed by atoms with Gasteiger partial charge in [-0.05, 0) is 36.5 Å². The molecule has 2 N–H and O–H groups in total. The zero-order valence-electron chi connectivity index (χ0n) is 13.4. The number of carbonyl (C=O) groups is 1. The van der Waals surface area contributed by atoms with Crippen LogP contribution in [0.4, 0.5) is 0 Å². The van der Waals surface area contributed by atoms with Gasteiger partial charge in [0.1, 0.15) is 0 Å². The molecule has 0 spiro atoms. The van der Waals surface area contributed by atoms with Crippen LogP contribution in [0.25, 0.3) is 0 Å². The van der Waals surface area contributed by atoms with E-state index in [1.807, 2.05) is 25.1 Å². The van der Waals surface area contributed by atoms with Crippen LogP contribution in [0.2, 0.25) is 0 Å². The number of aliphatic hydroxyl groups excluding tert-OH is 1. The third kappa shape index (κ3) is 5.61. The predicted molar refractivity (Wildman–Crippen MR) is 86.1 cm³/mol. The van der Waals surface area contributed by atoms with E-state index in [-0.39, 0.29) is 12.5 Å². The molecule has 0 saturated heterocycles. The number of aryl methyl sites for hydroxylation is 1. The smallest absolute Gasteiger partial charge is 0.252 e. The normalized spacial score (nSPS) is 11.7. The van der Waals surface area contributed by atoms with Crippen molar-refractivity contribution in [2.45, 2.75) is 34.1 Å². The number of aliphatic hydroxyl groups is 1. The lowest BCUT2D eigenvalue weighted by atomic mass is 9.98. The molecular weight excluding hydrogens is 262 g/mol. The lowest BCUT2D eigenvalue weighted by Gasteiger charge is -2.16. The average molecular weight is 287 g/mol. The Labute approximate surface area is 127 Å². The quantitative estimate of drug-likeness (QED) is 0.818. The molecule has 114 valence electrons. The fourth-order valence-electron chi connectivity index (χ4n) is 1.76. The highest BCUT2D eigenvalue weighted by atomic mass is 16.2. The molecule has 0 radical (unpaired) electrons. The summed E-state index contributed by atoms with van der Waals surface area (Å²) in [5, 5.41) is 11.8. The minimum Gasteiger partial charge on any atom is -0.395 e. The van der Waals surface area contributed by atoms with Crippen molar-refractivity contribution in [1.82, 2.24) is 5.32 Å². The fourth-order valence-corrected chi connectivity index (χ4v) is 1.76.